The van der Waals surface area contributed by atoms with E-state index >= 15 is 0 Å². The van der Waals surface area contributed by atoms with Gasteiger partial charge in [0.1, 0.15) is 5.60 Å². The van der Waals surface area contributed by atoms with Crippen molar-refractivity contribution in [2.75, 3.05) is 6.54 Å². The van der Waals surface area contributed by atoms with Gasteiger partial charge < -0.3 is 9.64 Å². The monoisotopic (exact) mass is 282 g/mol. The SMILES string of the molecule is CCCCN(C(=O)OC(C)(C)C)C(CCC)CCC#N. The molecule has 20 heavy (non-hydrogen) atoms. The minimum atomic E-state index is -0.479. The summed E-state index contributed by atoms with van der Waals surface area (Å²) in [5, 5.41) is 8.78. The summed E-state index contributed by atoms with van der Waals surface area (Å²) in [6, 6.07) is 2.29. The Balaban J connectivity index is 4.87. The van der Waals surface area contributed by atoms with E-state index in [-0.39, 0.29) is 12.1 Å². The van der Waals surface area contributed by atoms with Crippen LogP contribution < -0.4 is 0 Å². The number of nitrogens with zero attached hydrogens (tertiary/aromatic N) is 2. The molecule has 0 aliphatic rings. The zero-order valence-corrected chi connectivity index (χ0v) is 13.7. The third-order valence-electron chi connectivity index (χ3n) is 3.03. The van der Waals surface area contributed by atoms with E-state index in [4.69, 9.17) is 10.00 Å². The van der Waals surface area contributed by atoms with Gasteiger partial charge in [-0.25, -0.2) is 4.79 Å². The minimum Gasteiger partial charge on any atom is -0.444 e. The molecule has 0 rings (SSSR count). The van der Waals surface area contributed by atoms with Crippen LogP contribution in [0.2, 0.25) is 0 Å². The summed E-state index contributed by atoms with van der Waals surface area (Å²) in [5.41, 5.74) is -0.479. The number of nitriles is 1. The standard InChI is InChI=1S/C16H30N2O2/c1-6-8-13-18(15(19)20-16(3,4)5)14(10-7-2)11-9-12-17/h14H,6-11,13H2,1-5H3. The topological polar surface area (TPSA) is 53.3 Å². The highest BCUT2D eigenvalue weighted by Crippen LogP contribution is 2.18. The average Bonchev–Trinajstić information content (AvgIpc) is 2.34. The fourth-order valence-electron chi connectivity index (χ4n) is 2.09. The second kappa shape index (κ2) is 9.63. The lowest BCUT2D eigenvalue weighted by molar-refractivity contribution is 0.0140. The first-order valence-corrected chi connectivity index (χ1v) is 7.72. The van der Waals surface area contributed by atoms with E-state index in [0.29, 0.717) is 13.0 Å². The van der Waals surface area contributed by atoms with E-state index in [1.54, 1.807) is 0 Å². The summed E-state index contributed by atoms with van der Waals surface area (Å²) >= 11 is 0. The van der Waals surface area contributed by atoms with Crippen molar-refractivity contribution in [1.82, 2.24) is 4.90 Å². The van der Waals surface area contributed by atoms with Crippen LogP contribution in [0.5, 0.6) is 0 Å². The number of hydrogen-bond donors (Lipinski definition) is 0. The molecule has 0 saturated heterocycles. The van der Waals surface area contributed by atoms with Crippen LogP contribution in [0, 0.1) is 11.3 Å². The van der Waals surface area contributed by atoms with E-state index in [1.807, 2.05) is 25.7 Å². The quantitative estimate of drug-likeness (QED) is 0.658. The van der Waals surface area contributed by atoms with Crippen LogP contribution in [0.4, 0.5) is 4.79 Å². The third kappa shape index (κ3) is 8.04. The van der Waals surface area contributed by atoms with Gasteiger partial charge in [-0.1, -0.05) is 26.7 Å². The van der Waals surface area contributed by atoms with E-state index < -0.39 is 5.60 Å². The van der Waals surface area contributed by atoms with Crippen molar-refractivity contribution in [3.8, 4) is 6.07 Å². The number of carbonyl (C=O) groups excluding carboxylic acids is 1. The Morgan fingerprint density at radius 1 is 1.25 bits per heavy atom. The number of ether oxygens (including phenoxy) is 1. The molecule has 116 valence electrons. The van der Waals surface area contributed by atoms with Crippen molar-refractivity contribution in [2.45, 2.75) is 84.8 Å². The predicted octanol–water partition coefficient (Wildman–Crippen LogP) is 4.50. The summed E-state index contributed by atoms with van der Waals surface area (Å²) < 4.78 is 5.51. The van der Waals surface area contributed by atoms with Gasteiger partial charge in [0.05, 0.1) is 6.07 Å². The maximum atomic E-state index is 12.4. The van der Waals surface area contributed by atoms with Gasteiger partial charge >= 0.3 is 6.09 Å². The van der Waals surface area contributed by atoms with E-state index in [2.05, 4.69) is 19.9 Å². The van der Waals surface area contributed by atoms with E-state index in [9.17, 15) is 4.79 Å². The predicted molar refractivity (Wildman–Crippen MR) is 81.4 cm³/mol. The van der Waals surface area contributed by atoms with Crippen molar-refractivity contribution < 1.29 is 9.53 Å². The molecule has 0 aliphatic heterocycles. The molecule has 0 bridgehead atoms. The van der Waals surface area contributed by atoms with Crippen LogP contribution in [0.1, 0.15) is 73.1 Å². The van der Waals surface area contributed by atoms with Crippen molar-refractivity contribution >= 4 is 6.09 Å². The summed E-state index contributed by atoms with van der Waals surface area (Å²) in [6.07, 6.45) is 4.89. The Morgan fingerprint density at radius 2 is 1.90 bits per heavy atom. The van der Waals surface area contributed by atoms with Crippen molar-refractivity contribution in [1.29, 1.82) is 5.26 Å². The molecule has 1 amide bonds. The lowest BCUT2D eigenvalue weighted by Crippen LogP contribution is -2.44. The van der Waals surface area contributed by atoms with Crippen LogP contribution in [-0.2, 0) is 4.74 Å². The fourth-order valence-corrected chi connectivity index (χ4v) is 2.09. The molecule has 1 atom stereocenters. The average molecular weight is 282 g/mol. The first-order chi connectivity index (χ1) is 9.35. The molecule has 0 radical (unpaired) electrons. The second-order valence-corrected chi connectivity index (χ2v) is 6.17. The van der Waals surface area contributed by atoms with Gasteiger partial charge in [-0.05, 0) is 40.0 Å². The smallest absolute Gasteiger partial charge is 0.410 e. The van der Waals surface area contributed by atoms with E-state index in [1.165, 1.54) is 0 Å². The van der Waals surface area contributed by atoms with Crippen LogP contribution in [0.15, 0.2) is 0 Å². The van der Waals surface area contributed by atoms with Gasteiger partial charge in [0, 0.05) is 19.0 Å². The molecule has 0 spiro atoms. The van der Waals surface area contributed by atoms with Crippen LogP contribution >= 0.6 is 0 Å². The lowest BCUT2D eigenvalue weighted by Gasteiger charge is -2.33. The number of hydrogen-bond acceptors (Lipinski definition) is 3. The van der Waals surface area contributed by atoms with Gasteiger partial charge in [0.2, 0.25) is 0 Å². The molecule has 0 aromatic heterocycles. The van der Waals surface area contributed by atoms with Gasteiger partial charge in [0.15, 0.2) is 0 Å². The Kier molecular flexibility index (Phi) is 9.03. The summed E-state index contributed by atoms with van der Waals surface area (Å²) in [6.45, 7) is 10.6. The Morgan fingerprint density at radius 3 is 2.35 bits per heavy atom. The summed E-state index contributed by atoms with van der Waals surface area (Å²) in [7, 11) is 0. The molecule has 0 saturated carbocycles. The van der Waals surface area contributed by atoms with Crippen LogP contribution in [0.25, 0.3) is 0 Å². The largest absolute Gasteiger partial charge is 0.444 e. The first-order valence-electron chi connectivity index (χ1n) is 7.72. The normalized spacial score (nSPS) is 12.6. The highest BCUT2D eigenvalue weighted by Gasteiger charge is 2.27. The Bertz CT molecular complexity index is 315. The number of rotatable bonds is 8. The highest BCUT2D eigenvalue weighted by molar-refractivity contribution is 5.68. The van der Waals surface area contributed by atoms with Crippen molar-refractivity contribution in [3.05, 3.63) is 0 Å². The molecule has 0 aromatic carbocycles. The molecule has 0 fully saturated rings. The third-order valence-corrected chi connectivity index (χ3v) is 3.03. The molecule has 4 nitrogen and oxygen atoms in total. The zero-order valence-electron chi connectivity index (χ0n) is 13.7. The fraction of sp³-hybridized carbons (Fsp3) is 0.875. The van der Waals surface area contributed by atoms with E-state index in [0.717, 1.165) is 32.1 Å². The number of unbranched alkanes of at least 4 members (excludes halogenated alkanes) is 1. The van der Waals surface area contributed by atoms with Crippen LogP contribution in [-0.4, -0.2) is 29.2 Å². The molecule has 4 heteroatoms. The van der Waals surface area contributed by atoms with Crippen molar-refractivity contribution in [2.24, 2.45) is 0 Å². The van der Waals surface area contributed by atoms with Gasteiger partial charge in [-0.3, -0.25) is 0 Å². The molecule has 0 N–H and O–H groups in total. The Labute approximate surface area is 124 Å². The summed E-state index contributed by atoms with van der Waals surface area (Å²) in [5.74, 6) is 0. The summed E-state index contributed by atoms with van der Waals surface area (Å²) in [4.78, 5) is 14.2. The number of amides is 1. The van der Waals surface area contributed by atoms with Crippen LogP contribution in [0.3, 0.4) is 0 Å². The molecule has 0 aliphatic carbocycles. The second-order valence-electron chi connectivity index (χ2n) is 6.17. The van der Waals surface area contributed by atoms with Gasteiger partial charge in [-0.15, -0.1) is 0 Å². The molecular weight excluding hydrogens is 252 g/mol. The number of carbonyl (C=O) groups is 1. The molecule has 1 unspecified atom stereocenters. The van der Waals surface area contributed by atoms with Gasteiger partial charge in [-0.2, -0.15) is 5.26 Å². The highest BCUT2D eigenvalue weighted by atomic mass is 16.6. The lowest BCUT2D eigenvalue weighted by atomic mass is 10.0. The maximum absolute atomic E-state index is 12.4. The zero-order chi connectivity index (χ0) is 15.6. The van der Waals surface area contributed by atoms with Gasteiger partial charge in [0.25, 0.3) is 0 Å². The molecule has 0 heterocycles. The molecular formula is C16H30N2O2. The first kappa shape index (κ1) is 18.8. The Hall–Kier alpha value is -1.24. The minimum absolute atomic E-state index is 0.112. The van der Waals surface area contributed by atoms with Crippen molar-refractivity contribution in [3.63, 3.8) is 0 Å². The molecule has 0 aromatic rings. The maximum Gasteiger partial charge on any atom is 0.410 e.